The summed E-state index contributed by atoms with van der Waals surface area (Å²) in [6.45, 7) is 0.640. The van der Waals surface area contributed by atoms with Gasteiger partial charge in [-0.1, -0.05) is 18.2 Å². The van der Waals surface area contributed by atoms with Crippen molar-refractivity contribution in [2.45, 2.75) is 37.1 Å². The zero-order valence-corrected chi connectivity index (χ0v) is 20.8. The summed E-state index contributed by atoms with van der Waals surface area (Å²) in [6.07, 6.45) is 6.12. The minimum Gasteiger partial charge on any atom is -0.497 e. The van der Waals surface area contributed by atoms with Gasteiger partial charge in [-0.05, 0) is 78.4 Å². The molecule has 1 atom stereocenters. The summed E-state index contributed by atoms with van der Waals surface area (Å²) in [5, 5.41) is 13.4. The van der Waals surface area contributed by atoms with Crippen molar-refractivity contribution in [3.63, 3.8) is 0 Å². The molecule has 4 aromatic rings. The van der Waals surface area contributed by atoms with Gasteiger partial charge in [-0.15, -0.1) is 0 Å². The van der Waals surface area contributed by atoms with E-state index in [0.717, 1.165) is 46.2 Å². The lowest BCUT2D eigenvalue weighted by molar-refractivity contribution is -0.136. The quantitative estimate of drug-likeness (QED) is 0.316. The van der Waals surface area contributed by atoms with Gasteiger partial charge in [0, 0.05) is 36.5 Å². The summed E-state index contributed by atoms with van der Waals surface area (Å²) in [4.78, 5) is 16.3. The van der Waals surface area contributed by atoms with Crippen LogP contribution in [0.5, 0.6) is 5.75 Å². The molecule has 7 nitrogen and oxygen atoms in total. The smallest absolute Gasteiger partial charge is 0.303 e. The lowest BCUT2D eigenvalue weighted by Crippen LogP contribution is -2.05. The van der Waals surface area contributed by atoms with Crippen LogP contribution in [0, 0.1) is 0 Å². The summed E-state index contributed by atoms with van der Waals surface area (Å²) in [7, 11) is 0.105. The van der Waals surface area contributed by atoms with E-state index in [-0.39, 0.29) is 6.42 Å². The number of aromatic nitrogens is 1. The van der Waals surface area contributed by atoms with Gasteiger partial charge in [-0.2, -0.15) is 0 Å². The number of carboxylic acid groups (broad SMARTS) is 1. The summed E-state index contributed by atoms with van der Waals surface area (Å²) < 4.78 is 20.5. The lowest BCUT2D eigenvalue weighted by Gasteiger charge is -2.13. The SMILES string of the molecule is COc1ccc2c(c1)c(CCC(=O)O)cn2S(=O)c1ccc(CNc2ccc3c(c2)N=CCC3)cc1. The monoisotopic (exact) mass is 501 g/mol. The summed E-state index contributed by atoms with van der Waals surface area (Å²) in [5.41, 5.74) is 5.99. The van der Waals surface area contributed by atoms with E-state index in [4.69, 9.17) is 9.84 Å². The average Bonchev–Trinajstić information content (AvgIpc) is 3.28. The van der Waals surface area contributed by atoms with Crippen LogP contribution in [0.4, 0.5) is 11.4 Å². The number of ether oxygens (including phenoxy) is 1. The molecule has 5 rings (SSSR count). The third-order valence-electron chi connectivity index (χ3n) is 6.33. The van der Waals surface area contributed by atoms with Gasteiger partial charge < -0.3 is 15.2 Å². The number of carbonyl (C=O) groups is 1. The van der Waals surface area contributed by atoms with Crippen molar-refractivity contribution >= 4 is 45.4 Å². The van der Waals surface area contributed by atoms with Gasteiger partial charge in [0.2, 0.25) is 0 Å². The number of hydrogen-bond donors (Lipinski definition) is 2. The second kappa shape index (κ2) is 10.4. The van der Waals surface area contributed by atoms with Crippen LogP contribution in [0.3, 0.4) is 0 Å². The third-order valence-corrected chi connectivity index (χ3v) is 7.66. The van der Waals surface area contributed by atoms with E-state index >= 15 is 0 Å². The Hall–Kier alpha value is -3.91. The van der Waals surface area contributed by atoms with Crippen LogP contribution >= 0.6 is 0 Å². The average molecular weight is 502 g/mol. The van der Waals surface area contributed by atoms with E-state index in [0.29, 0.717) is 23.6 Å². The fraction of sp³-hybridized carbons (Fsp3) is 0.214. The molecule has 0 amide bonds. The lowest BCUT2D eigenvalue weighted by atomic mass is 10.0. The molecule has 0 bridgehead atoms. The van der Waals surface area contributed by atoms with Crippen LogP contribution in [-0.2, 0) is 35.2 Å². The van der Waals surface area contributed by atoms with Crippen molar-refractivity contribution in [3.8, 4) is 5.75 Å². The summed E-state index contributed by atoms with van der Waals surface area (Å²) >= 11 is 0. The number of methoxy groups -OCH3 is 1. The highest BCUT2D eigenvalue weighted by atomic mass is 32.2. The first-order valence-electron chi connectivity index (χ1n) is 11.8. The Labute approximate surface area is 212 Å². The predicted octanol–water partition coefficient (Wildman–Crippen LogP) is 5.50. The molecule has 1 aliphatic rings. The highest BCUT2D eigenvalue weighted by Gasteiger charge is 2.16. The molecule has 3 aromatic carbocycles. The van der Waals surface area contributed by atoms with Gasteiger partial charge in [-0.3, -0.25) is 13.8 Å². The first-order chi connectivity index (χ1) is 17.5. The van der Waals surface area contributed by atoms with Gasteiger partial charge in [0.05, 0.1) is 23.2 Å². The number of carboxylic acids is 1. The number of hydrogen-bond acceptors (Lipinski definition) is 5. The molecule has 0 radical (unpaired) electrons. The highest BCUT2D eigenvalue weighted by Crippen LogP contribution is 2.30. The Morgan fingerprint density at radius 1 is 1.14 bits per heavy atom. The highest BCUT2D eigenvalue weighted by molar-refractivity contribution is 7.83. The van der Waals surface area contributed by atoms with Crippen molar-refractivity contribution in [1.82, 2.24) is 3.97 Å². The Balaban J connectivity index is 1.33. The maximum Gasteiger partial charge on any atom is 0.303 e. The molecule has 2 N–H and O–H groups in total. The van der Waals surface area contributed by atoms with Gasteiger partial charge >= 0.3 is 5.97 Å². The van der Waals surface area contributed by atoms with Crippen molar-refractivity contribution in [3.05, 3.63) is 83.6 Å². The minimum absolute atomic E-state index is 0.00122. The molecule has 0 saturated carbocycles. The molecule has 0 fully saturated rings. The molecule has 1 aromatic heterocycles. The second-order valence-electron chi connectivity index (χ2n) is 8.70. The molecular weight excluding hydrogens is 474 g/mol. The number of aryl methyl sites for hydroxylation is 2. The van der Waals surface area contributed by atoms with Crippen molar-refractivity contribution in [2.24, 2.45) is 4.99 Å². The Morgan fingerprint density at radius 2 is 1.97 bits per heavy atom. The second-order valence-corrected chi connectivity index (χ2v) is 10.1. The number of nitrogens with one attached hydrogen (secondary N) is 1. The number of fused-ring (bicyclic) bond motifs is 2. The fourth-order valence-corrected chi connectivity index (χ4v) is 5.54. The molecule has 0 saturated heterocycles. The van der Waals surface area contributed by atoms with Crippen LogP contribution in [0.25, 0.3) is 10.9 Å². The number of aliphatic carboxylic acids is 1. The van der Waals surface area contributed by atoms with Gasteiger partial charge in [0.15, 0.2) is 11.0 Å². The van der Waals surface area contributed by atoms with E-state index in [1.807, 2.05) is 48.7 Å². The maximum atomic E-state index is 13.5. The molecule has 1 aliphatic heterocycles. The minimum atomic E-state index is -1.48. The summed E-state index contributed by atoms with van der Waals surface area (Å²) in [5.74, 6) is -0.197. The van der Waals surface area contributed by atoms with Crippen LogP contribution in [-0.4, -0.2) is 32.6 Å². The number of aliphatic imine (C=N–C) groups is 1. The molecular formula is C28H27N3O4S. The normalized spacial score (nSPS) is 13.4. The number of nitrogens with zero attached hydrogens (tertiary/aromatic N) is 2. The Kier molecular flexibility index (Phi) is 6.86. The van der Waals surface area contributed by atoms with Crippen LogP contribution in [0.15, 0.2) is 76.7 Å². The number of rotatable bonds is 9. The molecule has 2 heterocycles. The zero-order valence-electron chi connectivity index (χ0n) is 19.9. The standard InChI is InChI=1S/C28H27N3O4S/c1-35-23-9-12-27-25(16-23)21(7-13-28(32)33)18-31(27)36(34)24-10-4-19(5-11-24)17-30-22-8-6-20-3-2-14-29-26(20)15-22/h4-6,8-12,14-16,18,30H,2-3,7,13,17H2,1H3,(H,32,33). The molecule has 0 aliphatic carbocycles. The van der Waals surface area contributed by atoms with Crippen molar-refractivity contribution in [2.75, 3.05) is 12.4 Å². The molecule has 1 unspecified atom stereocenters. The van der Waals surface area contributed by atoms with Crippen LogP contribution in [0.2, 0.25) is 0 Å². The van der Waals surface area contributed by atoms with Crippen LogP contribution in [0.1, 0.15) is 29.5 Å². The fourth-order valence-electron chi connectivity index (χ4n) is 4.38. The molecule has 184 valence electrons. The van der Waals surface area contributed by atoms with Crippen molar-refractivity contribution < 1.29 is 18.8 Å². The number of benzene rings is 3. The van der Waals surface area contributed by atoms with E-state index < -0.39 is 17.0 Å². The molecule has 36 heavy (non-hydrogen) atoms. The van der Waals surface area contributed by atoms with E-state index in [1.54, 1.807) is 17.3 Å². The Bertz CT molecular complexity index is 1470. The maximum absolute atomic E-state index is 13.5. The first-order valence-corrected chi connectivity index (χ1v) is 12.9. The van der Waals surface area contributed by atoms with E-state index in [1.165, 1.54) is 5.56 Å². The van der Waals surface area contributed by atoms with Crippen molar-refractivity contribution in [1.29, 1.82) is 0 Å². The van der Waals surface area contributed by atoms with Gasteiger partial charge in [0.1, 0.15) is 5.75 Å². The third kappa shape index (κ3) is 5.04. The van der Waals surface area contributed by atoms with Gasteiger partial charge in [-0.25, -0.2) is 4.21 Å². The van der Waals surface area contributed by atoms with Crippen LogP contribution < -0.4 is 10.1 Å². The largest absolute Gasteiger partial charge is 0.497 e. The molecule has 0 spiro atoms. The topological polar surface area (TPSA) is 92.9 Å². The van der Waals surface area contributed by atoms with E-state index in [2.05, 4.69) is 28.5 Å². The first kappa shape index (κ1) is 23.8. The molecule has 8 heteroatoms. The summed E-state index contributed by atoms with van der Waals surface area (Å²) in [6, 6.07) is 19.5. The zero-order chi connectivity index (χ0) is 25.1. The number of anilines is 1. The van der Waals surface area contributed by atoms with E-state index in [9.17, 15) is 9.00 Å². The van der Waals surface area contributed by atoms with Gasteiger partial charge in [0.25, 0.3) is 0 Å². The predicted molar refractivity (Wildman–Crippen MR) is 143 cm³/mol. The Morgan fingerprint density at radius 3 is 2.75 bits per heavy atom.